The molecule has 9 heteroatoms. The molecule has 35 heavy (non-hydrogen) atoms. The smallest absolute Gasteiger partial charge is 0.235 e. The number of carbonyl (C=O) groups excluding carboxylic acids is 1. The van der Waals surface area contributed by atoms with Crippen molar-refractivity contribution in [1.29, 1.82) is 5.26 Å². The number of aromatic nitrogens is 3. The van der Waals surface area contributed by atoms with E-state index in [0.29, 0.717) is 21.6 Å². The van der Waals surface area contributed by atoms with Crippen LogP contribution in [-0.2, 0) is 24.7 Å². The lowest BCUT2D eigenvalue weighted by Crippen LogP contribution is -2.14. The van der Waals surface area contributed by atoms with Crippen molar-refractivity contribution in [3.8, 4) is 28.6 Å². The van der Waals surface area contributed by atoms with Gasteiger partial charge < -0.3 is 9.88 Å². The predicted molar refractivity (Wildman–Crippen MR) is 144 cm³/mol. The maximum absolute atomic E-state index is 12.8. The molecule has 0 fully saturated rings. The van der Waals surface area contributed by atoms with Gasteiger partial charge in [-0.05, 0) is 43.2 Å². The third-order valence-electron chi connectivity index (χ3n) is 6.32. The molecule has 3 aromatic heterocycles. The monoisotopic (exact) mass is 519 g/mol. The molecule has 1 aromatic carbocycles. The van der Waals surface area contributed by atoms with Crippen LogP contribution in [-0.4, -0.2) is 26.4 Å². The van der Waals surface area contributed by atoms with Crippen LogP contribution >= 0.6 is 34.4 Å². The maximum Gasteiger partial charge on any atom is 0.235 e. The first kappa shape index (κ1) is 23.8. The van der Waals surface area contributed by atoms with E-state index in [-0.39, 0.29) is 11.7 Å². The van der Waals surface area contributed by atoms with Crippen LogP contribution in [0.4, 0.5) is 5.00 Å². The molecule has 5 rings (SSSR count). The summed E-state index contributed by atoms with van der Waals surface area (Å²) in [6.07, 6.45) is 2.98. The predicted octanol–water partition coefficient (Wildman–Crippen LogP) is 6.31. The van der Waals surface area contributed by atoms with Crippen molar-refractivity contribution >= 4 is 45.3 Å². The number of carbonyl (C=O) groups is 1. The Labute approximate surface area is 217 Å². The van der Waals surface area contributed by atoms with Gasteiger partial charge in [-0.2, -0.15) is 5.26 Å². The Bertz CT molecular complexity index is 1430. The molecule has 4 aromatic rings. The average Bonchev–Trinajstić information content (AvgIpc) is 3.52. The molecule has 1 N–H and O–H groups in total. The van der Waals surface area contributed by atoms with Crippen molar-refractivity contribution in [2.24, 2.45) is 13.0 Å². The SMILES string of the molecule is Cc1scc(-c2nnc(SCC(=O)Nc3sc4c(c3C#N)CCC(C)C4)n2C)c1-c1ccccc1. The van der Waals surface area contributed by atoms with Crippen molar-refractivity contribution in [2.45, 2.75) is 38.3 Å². The van der Waals surface area contributed by atoms with Crippen LogP contribution in [0.15, 0.2) is 40.9 Å². The number of anilines is 1. The fraction of sp³-hybridized carbons (Fsp3) is 0.308. The van der Waals surface area contributed by atoms with E-state index in [1.165, 1.54) is 27.1 Å². The van der Waals surface area contributed by atoms with Gasteiger partial charge in [-0.3, -0.25) is 4.79 Å². The molecule has 1 unspecified atom stereocenters. The van der Waals surface area contributed by atoms with Crippen LogP contribution in [0, 0.1) is 24.2 Å². The molecule has 0 saturated carbocycles. The van der Waals surface area contributed by atoms with Crippen molar-refractivity contribution < 1.29 is 4.79 Å². The van der Waals surface area contributed by atoms with Crippen molar-refractivity contribution in [3.63, 3.8) is 0 Å². The molecule has 1 aliphatic carbocycles. The molecular weight excluding hydrogens is 495 g/mol. The van der Waals surface area contributed by atoms with E-state index < -0.39 is 0 Å². The van der Waals surface area contributed by atoms with Gasteiger partial charge in [0.15, 0.2) is 11.0 Å². The number of nitrogens with one attached hydrogen (secondary N) is 1. The van der Waals surface area contributed by atoms with Crippen molar-refractivity contribution in [3.05, 3.63) is 56.6 Å². The summed E-state index contributed by atoms with van der Waals surface area (Å²) in [7, 11) is 1.93. The van der Waals surface area contributed by atoms with Gasteiger partial charge in [0.25, 0.3) is 0 Å². The second-order valence-corrected chi connectivity index (χ2v) is 11.9. The first-order valence-corrected chi connectivity index (χ1v) is 14.1. The Balaban J connectivity index is 1.31. The Kier molecular flexibility index (Phi) is 6.78. The van der Waals surface area contributed by atoms with Crippen LogP contribution in [0.1, 0.15) is 34.2 Å². The summed E-state index contributed by atoms with van der Waals surface area (Å²) < 4.78 is 1.94. The van der Waals surface area contributed by atoms with Gasteiger partial charge in [-0.1, -0.05) is 49.0 Å². The molecule has 0 aliphatic heterocycles. The number of benzene rings is 1. The van der Waals surface area contributed by atoms with Gasteiger partial charge in [0.1, 0.15) is 11.1 Å². The maximum atomic E-state index is 12.8. The molecule has 0 bridgehead atoms. The molecule has 0 radical (unpaired) electrons. The Morgan fingerprint density at radius 1 is 1.31 bits per heavy atom. The molecule has 178 valence electrons. The van der Waals surface area contributed by atoms with Crippen molar-refractivity contribution in [1.82, 2.24) is 14.8 Å². The van der Waals surface area contributed by atoms with E-state index in [1.54, 1.807) is 22.7 Å². The molecule has 0 spiro atoms. The highest BCUT2D eigenvalue weighted by Gasteiger charge is 2.25. The molecule has 6 nitrogen and oxygen atoms in total. The summed E-state index contributed by atoms with van der Waals surface area (Å²) in [5.41, 5.74) is 5.12. The zero-order valence-corrected chi connectivity index (χ0v) is 22.2. The van der Waals surface area contributed by atoms with Crippen LogP contribution in [0.25, 0.3) is 22.5 Å². The van der Waals surface area contributed by atoms with E-state index >= 15 is 0 Å². The number of thiophene rings is 2. The number of rotatable bonds is 6. The standard InChI is InChI=1S/C26H25N5OS3/c1-15-9-10-18-19(12-27)25(35-21(18)11-15)28-22(32)14-34-26-30-29-24(31(26)3)20-13-33-16(2)23(20)17-7-5-4-6-8-17/h4-8,13,15H,9-11,14H2,1-3H3,(H,28,32). The Hall–Kier alpha value is -2.93. The second kappa shape index (κ2) is 9.97. The summed E-state index contributed by atoms with van der Waals surface area (Å²) in [5.74, 6) is 1.46. The van der Waals surface area contributed by atoms with E-state index in [4.69, 9.17) is 0 Å². The number of aryl methyl sites for hydroxylation is 1. The second-order valence-electron chi connectivity index (χ2n) is 8.82. The molecule has 0 saturated heterocycles. The average molecular weight is 520 g/mol. The minimum absolute atomic E-state index is 0.140. The van der Waals surface area contributed by atoms with Crippen LogP contribution in [0.5, 0.6) is 0 Å². The van der Waals surface area contributed by atoms with Gasteiger partial charge in [-0.25, -0.2) is 0 Å². The Morgan fingerprint density at radius 3 is 2.89 bits per heavy atom. The van der Waals surface area contributed by atoms with Gasteiger partial charge in [0.2, 0.25) is 5.91 Å². The normalized spacial score (nSPS) is 15.0. The molecule has 3 heterocycles. The molecule has 1 aliphatic rings. The zero-order valence-electron chi connectivity index (χ0n) is 19.8. The third kappa shape index (κ3) is 4.66. The lowest BCUT2D eigenvalue weighted by Gasteiger charge is -2.17. The highest BCUT2D eigenvalue weighted by Crippen LogP contribution is 2.40. The van der Waals surface area contributed by atoms with Crippen LogP contribution < -0.4 is 5.32 Å². The van der Waals surface area contributed by atoms with E-state index in [2.05, 4.69) is 52.9 Å². The molecular formula is C26H25N5OS3. The summed E-state index contributed by atoms with van der Waals surface area (Å²) in [5, 5.41) is 24.9. The van der Waals surface area contributed by atoms with Crippen LogP contribution in [0.3, 0.4) is 0 Å². The largest absolute Gasteiger partial charge is 0.316 e. The lowest BCUT2D eigenvalue weighted by molar-refractivity contribution is -0.113. The number of thioether (sulfide) groups is 1. The van der Waals surface area contributed by atoms with E-state index in [1.807, 2.05) is 29.8 Å². The van der Waals surface area contributed by atoms with Gasteiger partial charge in [0.05, 0.1) is 11.3 Å². The third-order valence-corrected chi connectivity index (χ3v) is 9.42. The van der Waals surface area contributed by atoms with Gasteiger partial charge in [0, 0.05) is 33.3 Å². The first-order valence-electron chi connectivity index (χ1n) is 11.5. The van der Waals surface area contributed by atoms with Gasteiger partial charge >= 0.3 is 0 Å². The number of amides is 1. The fourth-order valence-corrected chi connectivity index (χ4v) is 7.46. The van der Waals surface area contributed by atoms with Gasteiger partial charge in [-0.15, -0.1) is 32.9 Å². The van der Waals surface area contributed by atoms with E-state index in [0.717, 1.165) is 41.8 Å². The summed E-state index contributed by atoms with van der Waals surface area (Å²) in [4.78, 5) is 15.2. The zero-order chi connectivity index (χ0) is 24.5. The van der Waals surface area contributed by atoms with E-state index in [9.17, 15) is 10.1 Å². The summed E-state index contributed by atoms with van der Waals surface area (Å²) in [6, 6.07) is 12.6. The number of nitriles is 1. The first-order chi connectivity index (χ1) is 17.0. The quantitative estimate of drug-likeness (QED) is 0.302. The minimum atomic E-state index is -0.140. The fourth-order valence-electron chi connectivity index (χ4n) is 4.51. The number of fused-ring (bicyclic) bond motifs is 1. The Morgan fingerprint density at radius 2 is 2.11 bits per heavy atom. The van der Waals surface area contributed by atoms with Crippen LogP contribution in [0.2, 0.25) is 0 Å². The minimum Gasteiger partial charge on any atom is -0.316 e. The topological polar surface area (TPSA) is 83.6 Å². The number of nitrogens with zero attached hydrogens (tertiary/aromatic N) is 4. The summed E-state index contributed by atoms with van der Waals surface area (Å²) >= 11 is 4.60. The number of hydrogen-bond donors (Lipinski definition) is 1. The highest BCUT2D eigenvalue weighted by molar-refractivity contribution is 7.99. The molecule has 1 amide bonds. The summed E-state index contributed by atoms with van der Waals surface area (Å²) in [6.45, 7) is 4.35. The van der Waals surface area contributed by atoms with Crippen molar-refractivity contribution in [2.75, 3.05) is 11.1 Å². The number of hydrogen-bond acceptors (Lipinski definition) is 7. The lowest BCUT2D eigenvalue weighted by atomic mass is 9.89. The highest BCUT2D eigenvalue weighted by atomic mass is 32.2. The molecule has 1 atom stereocenters.